The van der Waals surface area contributed by atoms with Gasteiger partial charge in [0.05, 0.1) is 16.4 Å². The van der Waals surface area contributed by atoms with Gasteiger partial charge in [-0.1, -0.05) is 19.1 Å². The average molecular weight is 359 g/mol. The van der Waals surface area contributed by atoms with Gasteiger partial charge in [0.1, 0.15) is 16.0 Å². The summed E-state index contributed by atoms with van der Waals surface area (Å²) in [5, 5.41) is 11.0. The Morgan fingerprint density at radius 1 is 1.30 bits per heavy atom. The van der Waals surface area contributed by atoms with Gasteiger partial charge >= 0.3 is 6.36 Å². The lowest BCUT2D eigenvalue weighted by atomic mass is 10.1. The molecular weight excluding hydrogens is 347 g/mol. The average Bonchev–Trinajstić information content (AvgIpc) is 2.90. The van der Waals surface area contributed by atoms with Gasteiger partial charge in [0.2, 0.25) is 0 Å². The molecule has 0 bridgehead atoms. The van der Waals surface area contributed by atoms with Crippen LogP contribution in [0.4, 0.5) is 13.2 Å². The van der Waals surface area contributed by atoms with Gasteiger partial charge in [-0.05, 0) is 24.1 Å². The topological polar surface area (TPSA) is 50.1 Å². The summed E-state index contributed by atoms with van der Waals surface area (Å²) in [6.07, 6.45) is -4.01. The number of nitriles is 1. The molecule has 2 rings (SSSR count). The van der Waals surface area contributed by atoms with Crippen LogP contribution in [-0.4, -0.2) is 16.3 Å². The summed E-state index contributed by atoms with van der Waals surface area (Å²) in [6.45, 7) is 1.90. The summed E-state index contributed by atoms with van der Waals surface area (Å²) in [7, 11) is -1.24. The van der Waals surface area contributed by atoms with E-state index in [9.17, 15) is 22.6 Å². The Balaban J connectivity index is 2.32. The van der Waals surface area contributed by atoms with Crippen LogP contribution in [0, 0.1) is 11.3 Å². The number of hydrogen-bond donors (Lipinski definition) is 0. The normalized spacial score (nSPS) is 12.7. The van der Waals surface area contributed by atoms with E-state index in [0.29, 0.717) is 26.7 Å². The van der Waals surface area contributed by atoms with Crippen molar-refractivity contribution in [3.8, 4) is 22.9 Å². The smallest absolute Gasteiger partial charge is 0.406 e. The minimum atomic E-state index is -4.74. The molecule has 0 radical (unpaired) electrons. The molecule has 0 aliphatic carbocycles. The highest BCUT2D eigenvalue weighted by Gasteiger charge is 2.31. The molecule has 0 amide bonds. The fraction of sp³-hybridized carbons (Fsp3) is 0.267. The fourth-order valence-electron chi connectivity index (χ4n) is 1.94. The molecule has 23 heavy (non-hydrogen) atoms. The van der Waals surface area contributed by atoms with E-state index < -0.39 is 17.2 Å². The molecule has 1 unspecified atom stereocenters. The maximum Gasteiger partial charge on any atom is 0.573 e. The van der Waals surface area contributed by atoms with Gasteiger partial charge in [-0.15, -0.1) is 24.5 Å². The molecular formula is C15H12F3NO2S2. The highest BCUT2D eigenvalue weighted by atomic mass is 32.2. The molecule has 1 heterocycles. The maximum absolute atomic E-state index is 12.2. The first-order valence-electron chi connectivity index (χ1n) is 6.62. The molecule has 122 valence electrons. The number of thiophene rings is 1. The minimum absolute atomic E-state index is 0.311. The van der Waals surface area contributed by atoms with Crippen LogP contribution in [-0.2, 0) is 10.8 Å². The monoisotopic (exact) mass is 359 g/mol. The Kier molecular flexibility index (Phi) is 5.44. The van der Waals surface area contributed by atoms with Crippen molar-refractivity contribution in [2.75, 3.05) is 5.75 Å². The van der Waals surface area contributed by atoms with Gasteiger partial charge in [-0.25, -0.2) is 0 Å². The molecule has 0 fully saturated rings. The molecule has 0 saturated heterocycles. The summed E-state index contributed by atoms with van der Waals surface area (Å²) >= 11 is 1.22. The Hall–Kier alpha value is -1.85. The van der Waals surface area contributed by atoms with Crippen molar-refractivity contribution in [1.82, 2.24) is 0 Å². The second-order valence-electron chi connectivity index (χ2n) is 4.55. The number of ether oxygens (including phenoxy) is 1. The van der Waals surface area contributed by atoms with Gasteiger partial charge < -0.3 is 4.74 Å². The van der Waals surface area contributed by atoms with Gasteiger partial charge in [-0.3, -0.25) is 4.21 Å². The first kappa shape index (κ1) is 17.5. The first-order chi connectivity index (χ1) is 10.9. The molecule has 8 heteroatoms. The van der Waals surface area contributed by atoms with E-state index >= 15 is 0 Å². The van der Waals surface area contributed by atoms with Gasteiger partial charge in [-0.2, -0.15) is 5.26 Å². The summed E-state index contributed by atoms with van der Waals surface area (Å²) in [6, 6.07) is 7.29. The zero-order valence-corrected chi connectivity index (χ0v) is 13.6. The highest BCUT2D eigenvalue weighted by molar-refractivity contribution is 7.87. The number of rotatable bonds is 5. The lowest BCUT2D eigenvalue weighted by Gasteiger charge is -2.09. The zero-order valence-electron chi connectivity index (χ0n) is 12.0. The Morgan fingerprint density at radius 2 is 1.96 bits per heavy atom. The van der Waals surface area contributed by atoms with E-state index in [4.69, 9.17) is 0 Å². The number of nitrogens with zero attached hydrogens (tertiary/aromatic N) is 1. The van der Waals surface area contributed by atoms with Gasteiger partial charge in [0, 0.05) is 16.7 Å². The molecule has 0 aliphatic rings. The quantitative estimate of drug-likeness (QED) is 0.777. The largest absolute Gasteiger partial charge is 0.573 e. The molecule has 1 aromatic heterocycles. The molecule has 2 aromatic rings. The number of alkyl halides is 3. The third-order valence-corrected chi connectivity index (χ3v) is 5.88. The maximum atomic E-state index is 12.2. The summed E-state index contributed by atoms with van der Waals surface area (Å²) in [5.74, 6) is 0.136. The van der Waals surface area contributed by atoms with Crippen molar-refractivity contribution < 1.29 is 22.1 Å². The standard InChI is InChI=1S/C15H12F3NO2S2/c1-2-7-23(20)14-12(8-19)13(9-22-14)10-3-5-11(6-4-10)21-15(16,17)18/h3-6,9H,2,7H2,1H3. The van der Waals surface area contributed by atoms with Crippen LogP contribution in [0.1, 0.15) is 18.9 Å². The van der Waals surface area contributed by atoms with E-state index in [0.717, 1.165) is 6.42 Å². The lowest BCUT2D eigenvalue weighted by Crippen LogP contribution is -2.16. The van der Waals surface area contributed by atoms with Gasteiger partial charge in [0.25, 0.3) is 0 Å². The lowest BCUT2D eigenvalue weighted by molar-refractivity contribution is -0.274. The first-order valence-corrected chi connectivity index (χ1v) is 8.81. The SMILES string of the molecule is CCCS(=O)c1scc(-c2ccc(OC(F)(F)F)cc2)c1C#N. The van der Waals surface area contributed by atoms with Crippen LogP contribution >= 0.6 is 11.3 Å². The van der Waals surface area contributed by atoms with Crippen molar-refractivity contribution in [3.63, 3.8) is 0 Å². The van der Waals surface area contributed by atoms with E-state index in [1.54, 1.807) is 5.38 Å². The van der Waals surface area contributed by atoms with Crippen molar-refractivity contribution in [2.45, 2.75) is 23.9 Å². The van der Waals surface area contributed by atoms with Crippen molar-refractivity contribution >= 4 is 22.1 Å². The molecule has 3 nitrogen and oxygen atoms in total. The molecule has 0 aliphatic heterocycles. The molecule has 1 aromatic carbocycles. The van der Waals surface area contributed by atoms with Crippen molar-refractivity contribution in [2.24, 2.45) is 0 Å². The number of halogens is 3. The number of benzene rings is 1. The van der Waals surface area contributed by atoms with E-state index in [2.05, 4.69) is 4.74 Å². The minimum Gasteiger partial charge on any atom is -0.406 e. The molecule has 0 spiro atoms. The highest BCUT2D eigenvalue weighted by Crippen LogP contribution is 2.34. The fourth-order valence-corrected chi connectivity index (χ4v) is 4.46. The third kappa shape index (κ3) is 4.33. The van der Waals surface area contributed by atoms with E-state index in [1.807, 2.05) is 13.0 Å². The van der Waals surface area contributed by atoms with Crippen LogP contribution in [0.2, 0.25) is 0 Å². The van der Waals surface area contributed by atoms with Gasteiger partial charge in [0.15, 0.2) is 0 Å². The van der Waals surface area contributed by atoms with Crippen LogP contribution < -0.4 is 4.74 Å². The van der Waals surface area contributed by atoms with Crippen LogP contribution in [0.25, 0.3) is 11.1 Å². The van der Waals surface area contributed by atoms with Crippen LogP contribution in [0.3, 0.4) is 0 Å². The molecule has 0 N–H and O–H groups in total. The Bertz CT molecular complexity index is 746. The van der Waals surface area contributed by atoms with E-state index in [1.165, 1.54) is 35.6 Å². The van der Waals surface area contributed by atoms with Crippen molar-refractivity contribution in [1.29, 1.82) is 5.26 Å². The second kappa shape index (κ2) is 7.15. The van der Waals surface area contributed by atoms with Crippen LogP contribution in [0.5, 0.6) is 5.75 Å². The van der Waals surface area contributed by atoms with Crippen molar-refractivity contribution in [3.05, 3.63) is 35.2 Å². The predicted octanol–water partition coefficient (Wildman–Crippen LogP) is 4.70. The summed E-state index contributed by atoms with van der Waals surface area (Å²) in [4.78, 5) is 0. The zero-order chi connectivity index (χ0) is 17.0. The summed E-state index contributed by atoms with van der Waals surface area (Å²) in [5.41, 5.74) is 1.45. The van der Waals surface area contributed by atoms with E-state index in [-0.39, 0.29) is 5.75 Å². The molecule has 1 atom stereocenters. The van der Waals surface area contributed by atoms with Crippen LogP contribution in [0.15, 0.2) is 33.9 Å². The number of hydrogen-bond acceptors (Lipinski definition) is 4. The third-order valence-electron chi connectivity index (χ3n) is 2.86. The predicted molar refractivity (Wildman–Crippen MR) is 82.7 cm³/mol. The second-order valence-corrected chi connectivity index (χ2v) is 7.19. The Morgan fingerprint density at radius 3 is 2.48 bits per heavy atom. The molecule has 0 saturated carbocycles. The Labute approximate surface area is 137 Å². The summed E-state index contributed by atoms with van der Waals surface area (Å²) < 4.78 is 52.9.